The van der Waals surface area contributed by atoms with Gasteiger partial charge in [0.1, 0.15) is 5.75 Å². The monoisotopic (exact) mass is 418 g/mol. The summed E-state index contributed by atoms with van der Waals surface area (Å²) in [5.74, 6) is 0.938. The molecule has 1 unspecified atom stereocenters. The summed E-state index contributed by atoms with van der Waals surface area (Å²) in [6, 6.07) is 22.6. The number of alkyl halides is 2. The molecule has 0 saturated carbocycles. The van der Waals surface area contributed by atoms with E-state index in [1.807, 2.05) is 36.4 Å². The molecule has 0 aliphatic heterocycles. The van der Waals surface area contributed by atoms with Crippen molar-refractivity contribution in [1.29, 1.82) is 0 Å². The van der Waals surface area contributed by atoms with Crippen molar-refractivity contribution in [3.8, 4) is 16.9 Å². The Morgan fingerprint density at radius 3 is 2.36 bits per heavy atom. The second-order valence-corrected chi connectivity index (χ2v) is 7.32. The Morgan fingerprint density at radius 2 is 1.68 bits per heavy atom. The van der Waals surface area contributed by atoms with Crippen LogP contribution in [0.5, 0.6) is 5.75 Å². The first-order valence-electron chi connectivity index (χ1n) is 9.09. The third kappa shape index (κ3) is 5.06. The summed E-state index contributed by atoms with van der Waals surface area (Å²) in [5.41, 5.74) is 3.47. The molecule has 3 rings (SSSR count). The molecule has 5 heteroatoms. The van der Waals surface area contributed by atoms with Crippen LogP contribution in [-0.2, 0) is 0 Å². The maximum atomic E-state index is 13.1. The molecule has 0 amide bonds. The Morgan fingerprint density at radius 1 is 0.929 bits per heavy atom. The van der Waals surface area contributed by atoms with E-state index in [0.29, 0.717) is 10.6 Å². The number of hydrogen-bond acceptors (Lipinski definition) is 2. The molecule has 0 fully saturated rings. The van der Waals surface area contributed by atoms with Gasteiger partial charge in [-0.2, -0.15) is 21.4 Å². The highest BCUT2D eigenvalue weighted by Gasteiger charge is 2.22. The number of ether oxygens (including phenoxy) is 1. The van der Waals surface area contributed by atoms with Crippen molar-refractivity contribution in [2.45, 2.75) is 25.4 Å². The predicted molar refractivity (Wildman–Crippen MR) is 115 cm³/mol. The summed E-state index contributed by atoms with van der Waals surface area (Å²) in [5, 5.41) is 0.543. The second-order valence-electron chi connectivity index (χ2n) is 6.44. The van der Waals surface area contributed by atoms with Gasteiger partial charge in [0.15, 0.2) is 0 Å². The van der Waals surface area contributed by atoms with Crippen molar-refractivity contribution in [2.75, 3.05) is 5.75 Å². The molecule has 0 spiro atoms. The van der Waals surface area contributed by atoms with Crippen LogP contribution < -0.4 is 4.74 Å². The molecular formula is C23H21ClF2OS. The SMILES string of the molecule is FC(F)Oc1cccc(C(CCCS)c2ccccc2)c1-c1cccc(Cl)c1. The van der Waals surface area contributed by atoms with Gasteiger partial charge < -0.3 is 4.74 Å². The van der Waals surface area contributed by atoms with Gasteiger partial charge in [-0.25, -0.2) is 0 Å². The van der Waals surface area contributed by atoms with Gasteiger partial charge in [0.25, 0.3) is 0 Å². The van der Waals surface area contributed by atoms with Crippen LogP contribution in [-0.4, -0.2) is 12.4 Å². The molecule has 0 bridgehead atoms. The average Bonchev–Trinajstić information content (AvgIpc) is 2.69. The zero-order valence-corrected chi connectivity index (χ0v) is 16.8. The maximum Gasteiger partial charge on any atom is 0.387 e. The number of thiol groups is 1. The van der Waals surface area contributed by atoms with Crippen LogP contribution in [0.25, 0.3) is 11.1 Å². The highest BCUT2D eigenvalue weighted by molar-refractivity contribution is 7.80. The average molecular weight is 419 g/mol. The Bertz CT molecular complexity index is 902. The van der Waals surface area contributed by atoms with Crippen molar-refractivity contribution < 1.29 is 13.5 Å². The first-order chi connectivity index (χ1) is 13.6. The van der Waals surface area contributed by atoms with Gasteiger partial charge in [-0.1, -0.05) is 66.2 Å². The van der Waals surface area contributed by atoms with Crippen LogP contribution >= 0.6 is 24.2 Å². The zero-order valence-electron chi connectivity index (χ0n) is 15.2. The van der Waals surface area contributed by atoms with Crippen molar-refractivity contribution in [3.63, 3.8) is 0 Å². The molecule has 1 atom stereocenters. The van der Waals surface area contributed by atoms with Gasteiger partial charge in [-0.15, -0.1) is 0 Å². The second kappa shape index (κ2) is 9.94. The molecule has 0 heterocycles. The molecule has 0 radical (unpaired) electrons. The van der Waals surface area contributed by atoms with Gasteiger partial charge in [0.2, 0.25) is 0 Å². The van der Waals surface area contributed by atoms with Crippen LogP contribution in [0.15, 0.2) is 72.8 Å². The molecule has 0 N–H and O–H groups in total. The molecule has 3 aromatic rings. The third-order valence-corrected chi connectivity index (χ3v) is 5.17. The first-order valence-corrected chi connectivity index (χ1v) is 10.1. The highest BCUT2D eigenvalue weighted by atomic mass is 35.5. The minimum atomic E-state index is -2.90. The molecule has 0 saturated heterocycles. The van der Waals surface area contributed by atoms with Crippen molar-refractivity contribution in [1.82, 2.24) is 0 Å². The Balaban J connectivity index is 2.20. The fraction of sp³-hybridized carbons (Fsp3) is 0.217. The topological polar surface area (TPSA) is 9.23 Å². The fourth-order valence-electron chi connectivity index (χ4n) is 3.47. The van der Waals surface area contributed by atoms with E-state index in [4.69, 9.17) is 16.3 Å². The number of halogens is 3. The lowest BCUT2D eigenvalue weighted by molar-refractivity contribution is -0.0494. The lowest BCUT2D eigenvalue weighted by atomic mass is 9.83. The Hall–Kier alpha value is -2.04. The first kappa shape index (κ1) is 20.7. The van der Waals surface area contributed by atoms with E-state index in [-0.39, 0.29) is 11.7 Å². The summed E-state index contributed by atoms with van der Waals surface area (Å²) in [6.45, 7) is -2.90. The molecule has 28 heavy (non-hydrogen) atoms. The Kier molecular flexibility index (Phi) is 7.35. The standard InChI is InChI=1S/C23H21ClF2OS/c24-18-10-4-9-17(15-18)22-20(11-5-13-21(22)27-23(25)26)19(12-6-14-28)16-7-2-1-3-8-16/h1-5,7-11,13,15,19,23,28H,6,12,14H2. The lowest BCUT2D eigenvalue weighted by Crippen LogP contribution is -2.08. The molecule has 0 aromatic heterocycles. The summed E-state index contributed by atoms with van der Waals surface area (Å²) >= 11 is 10.5. The molecule has 3 aromatic carbocycles. The molecule has 0 aliphatic rings. The summed E-state index contributed by atoms with van der Waals surface area (Å²) in [4.78, 5) is 0. The number of benzene rings is 3. The van der Waals surface area contributed by atoms with E-state index in [1.165, 1.54) is 0 Å². The largest absolute Gasteiger partial charge is 0.434 e. The Labute approximate surface area is 174 Å². The third-order valence-electron chi connectivity index (χ3n) is 4.62. The molecule has 0 aliphatic carbocycles. The molecule has 146 valence electrons. The summed E-state index contributed by atoms with van der Waals surface area (Å²) in [6.07, 6.45) is 1.75. The smallest absolute Gasteiger partial charge is 0.387 e. The lowest BCUT2D eigenvalue weighted by Gasteiger charge is -2.23. The van der Waals surface area contributed by atoms with E-state index >= 15 is 0 Å². The minimum Gasteiger partial charge on any atom is -0.434 e. The van der Waals surface area contributed by atoms with E-state index in [2.05, 4.69) is 24.8 Å². The summed E-state index contributed by atoms with van der Waals surface area (Å²) in [7, 11) is 0. The quantitative estimate of drug-likeness (QED) is 0.374. The van der Waals surface area contributed by atoms with Gasteiger partial charge in [0, 0.05) is 16.5 Å². The van der Waals surface area contributed by atoms with Crippen LogP contribution in [0.2, 0.25) is 5.02 Å². The van der Waals surface area contributed by atoms with E-state index in [1.54, 1.807) is 24.3 Å². The minimum absolute atomic E-state index is 0.0311. The van der Waals surface area contributed by atoms with Crippen LogP contribution in [0.3, 0.4) is 0 Å². The fourth-order valence-corrected chi connectivity index (χ4v) is 3.84. The van der Waals surface area contributed by atoms with Crippen molar-refractivity contribution in [2.24, 2.45) is 0 Å². The van der Waals surface area contributed by atoms with Crippen LogP contribution in [0.4, 0.5) is 8.78 Å². The number of hydrogen-bond donors (Lipinski definition) is 1. The van der Waals surface area contributed by atoms with Gasteiger partial charge in [-0.3, -0.25) is 0 Å². The highest BCUT2D eigenvalue weighted by Crippen LogP contribution is 2.42. The van der Waals surface area contributed by atoms with E-state index in [9.17, 15) is 8.78 Å². The van der Waals surface area contributed by atoms with Crippen LogP contribution in [0.1, 0.15) is 29.9 Å². The zero-order chi connectivity index (χ0) is 19.9. The van der Waals surface area contributed by atoms with Gasteiger partial charge >= 0.3 is 6.61 Å². The molecular weight excluding hydrogens is 398 g/mol. The van der Waals surface area contributed by atoms with Crippen molar-refractivity contribution >= 4 is 24.2 Å². The number of rotatable bonds is 8. The predicted octanol–water partition coefficient (Wildman–Crippen LogP) is 7.45. The van der Waals surface area contributed by atoms with Gasteiger partial charge in [0.05, 0.1) is 0 Å². The maximum absolute atomic E-state index is 13.1. The molecule has 1 nitrogen and oxygen atoms in total. The van der Waals surface area contributed by atoms with E-state index in [0.717, 1.165) is 35.3 Å². The van der Waals surface area contributed by atoms with Gasteiger partial charge in [-0.05, 0) is 53.5 Å². The normalized spacial score (nSPS) is 12.2. The summed E-state index contributed by atoms with van der Waals surface area (Å²) < 4.78 is 31.1. The van der Waals surface area contributed by atoms with E-state index < -0.39 is 6.61 Å². The van der Waals surface area contributed by atoms with Crippen LogP contribution in [0, 0.1) is 0 Å². The van der Waals surface area contributed by atoms with Crippen molar-refractivity contribution in [3.05, 3.63) is 88.9 Å².